The van der Waals surface area contributed by atoms with Crippen LogP contribution in [0.4, 0.5) is 5.69 Å². The lowest BCUT2D eigenvalue weighted by molar-refractivity contribution is -0.384. The Bertz CT molecular complexity index is 824. The number of non-ortho nitro benzene ring substituents is 1. The van der Waals surface area contributed by atoms with Crippen LogP contribution in [-0.2, 0) is 9.84 Å². The van der Waals surface area contributed by atoms with E-state index >= 15 is 0 Å². The van der Waals surface area contributed by atoms with Crippen LogP contribution in [0.15, 0.2) is 71.0 Å². The molecule has 0 radical (unpaired) electrons. The van der Waals surface area contributed by atoms with E-state index in [0.29, 0.717) is 5.56 Å². The Balaban J connectivity index is 2.22. The molecule has 0 saturated carbocycles. The molecule has 112 valence electrons. The van der Waals surface area contributed by atoms with Gasteiger partial charge in [0.05, 0.1) is 9.82 Å². The summed E-state index contributed by atoms with van der Waals surface area (Å²) in [6.07, 6.45) is 0.964. The average Bonchev–Trinajstić information content (AvgIpc) is 2.53. The SMILES string of the molecule is O=C(/C=C/S(=O)(=O)c1ccc([N+](=O)[O-])cc1)c1ccccc1. The highest BCUT2D eigenvalue weighted by Crippen LogP contribution is 2.17. The lowest BCUT2D eigenvalue weighted by atomic mass is 10.1. The molecular formula is C15H11NO5S. The molecule has 0 aromatic heterocycles. The third-order valence-corrected chi connectivity index (χ3v) is 4.26. The molecule has 0 heterocycles. The number of hydrogen-bond acceptors (Lipinski definition) is 5. The summed E-state index contributed by atoms with van der Waals surface area (Å²) in [5.74, 6) is -0.439. The van der Waals surface area contributed by atoms with E-state index in [1.54, 1.807) is 30.3 Å². The standard InChI is InChI=1S/C15H11NO5S/c17-15(12-4-2-1-3-5-12)10-11-22(20,21)14-8-6-13(7-9-14)16(18)19/h1-11H/b11-10+. The first-order valence-electron chi connectivity index (χ1n) is 6.17. The van der Waals surface area contributed by atoms with Gasteiger partial charge in [0.25, 0.3) is 5.69 Å². The van der Waals surface area contributed by atoms with Gasteiger partial charge in [-0.3, -0.25) is 14.9 Å². The Labute approximate surface area is 126 Å². The van der Waals surface area contributed by atoms with Crippen LogP contribution in [0.1, 0.15) is 10.4 Å². The largest absolute Gasteiger partial charge is 0.289 e. The van der Waals surface area contributed by atoms with Gasteiger partial charge >= 0.3 is 0 Å². The number of ketones is 1. The summed E-state index contributed by atoms with van der Waals surface area (Å²) in [6, 6.07) is 12.7. The second-order valence-corrected chi connectivity index (χ2v) is 6.16. The van der Waals surface area contributed by atoms with Crippen molar-refractivity contribution in [3.8, 4) is 0 Å². The Morgan fingerprint density at radius 3 is 2.14 bits per heavy atom. The van der Waals surface area contributed by atoms with Crippen molar-refractivity contribution in [2.45, 2.75) is 4.90 Å². The van der Waals surface area contributed by atoms with Gasteiger partial charge in [-0.25, -0.2) is 8.42 Å². The first-order valence-corrected chi connectivity index (χ1v) is 7.72. The molecule has 0 aliphatic rings. The van der Waals surface area contributed by atoms with E-state index in [9.17, 15) is 23.3 Å². The van der Waals surface area contributed by atoms with Gasteiger partial charge in [-0.05, 0) is 18.2 Å². The van der Waals surface area contributed by atoms with Crippen LogP contribution < -0.4 is 0 Å². The molecule has 0 spiro atoms. The number of nitrogens with zero attached hydrogens (tertiary/aromatic N) is 1. The van der Waals surface area contributed by atoms with Gasteiger partial charge in [0.15, 0.2) is 15.6 Å². The molecule has 0 fully saturated rings. The summed E-state index contributed by atoms with van der Waals surface area (Å²) >= 11 is 0. The Kier molecular flexibility index (Phi) is 4.47. The maximum absolute atomic E-state index is 12.0. The number of carbonyl (C=O) groups is 1. The molecule has 6 nitrogen and oxygen atoms in total. The summed E-state index contributed by atoms with van der Waals surface area (Å²) in [5.41, 5.74) is 0.168. The molecule has 22 heavy (non-hydrogen) atoms. The molecule has 2 aromatic carbocycles. The molecule has 2 aromatic rings. The van der Waals surface area contributed by atoms with Crippen LogP contribution in [0.5, 0.6) is 0 Å². The predicted octanol–water partition coefficient (Wildman–Crippen LogP) is 2.77. The lowest BCUT2D eigenvalue weighted by Gasteiger charge is -1.99. The van der Waals surface area contributed by atoms with Crippen LogP contribution in [-0.4, -0.2) is 19.1 Å². The number of nitro groups is 1. The van der Waals surface area contributed by atoms with Crippen molar-refractivity contribution in [3.63, 3.8) is 0 Å². The number of benzene rings is 2. The van der Waals surface area contributed by atoms with Crippen molar-refractivity contribution in [3.05, 3.63) is 81.8 Å². The summed E-state index contributed by atoms with van der Waals surface area (Å²) in [7, 11) is -3.83. The fraction of sp³-hybridized carbons (Fsp3) is 0. The van der Waals surface area contributed by atoms with Crippen LogP contribution in [0.25, 0.3) is 0 Å². The molecule has 0 saturated heterocycles. The average molecular weight is 317 g/mol. The topological polar surface area (TPSA) is 94.3 Å². The number of carbonyl (C=O) groups excluding carboxylic acids is 1. The van der Waals surface area contributed by atoms with E-state index in [-0.39, 0.29) is 10.6 Å². The van der Waals surface area contributed by atoms with E-state index in [1.807, 2.05) is 0 Å². The highest BCUT2D eigenvalue weighted by molar-refractivity contribution is 7.94. The van der Waals surface area contributed by atoms with Gasteiger partial charge in [0.1, 0.15) is 0 Å². The normalized spacial score (nSPS) is 11.5. The van der Waals surface area contributed by atoms with Gasteiger partial charge in [0.2, 0.25) is 0 Å². The monoisotopic (exact) mass is 317 g/mol. The summed E-state index contributed by atoms with van der Waals surface area (Å²) < 4.78 is 24.1. The van der Waals surface area contributed by atoms with Gasteiger partial charge in [-0.1, -0.05) is 30.3 Å². The molecule has 0 aliphatic carbocycles. The number of allylic oxidation sites excluding steroid dienone is 1. The van der Waals surface area contributed by atoms with Crippen molar-refractivity contribution in [1.82, 2.24) is 0 Å². The zero-order valence-electron chi connectivity index (χ0n) is 11.2. The Hall–Kier alpha value is -2.80. The minimum absolute atomic E-state index is 0.116. The molecule has 0 bridgehead atoms. The zero-order chi connectivity index (χ0) is 16.2. The van der Waals surface area contributed by atoms with Crippen molar-refractivity contribution in [2.75, 3.05) is 0 Å². The molecular weight excluding hydrogens is 306 g/mol. The number of rotatable bonds is 5. The van der Waals surface area contributed by atoms with Gasteiger partial charge in [-0.15, -0.1) is 0 Å². The second-order valence-electron chi connectivity index (χ2n) is 4.33. The molecule has 2 rings (SSSR count). The molecule has 0 unspecified atom stereocenters. The first kappa shape index (κ1) is 15.6. The van der Waals surface area contributed by atoms with Crippen LogP contribution in [0.3, 0.4) is 0 Å². The van der Waals surface area contributed by atoms with Gasteiger partial charge in [-0.2, -0.15) is 0 Å². The zero-order valence-corrected chi connectivity index (χ0v) is 12.1. The highest BCUT2D eigenvalue weighted by Gasteiger charge is 2.13. The van der Waals surface area contributed by atoms with Gasteiger partial charge in [0, 0.05) is 23.1 Å². The summed E-state index contributed by atoms with van der Waals surface area (Å²) in [6.45, 7) is 0. The van der Waals surface area contributed by atoms with Crippen molar-refractivity contribution >= 4 is 21.3 Å². The van der Waals surface area contributed by atoms with E-state index < -0.39 is 20.5 Å². The smallest absolute Gasteiger partial charge is 0.269 e. The van der Waals surface area contributed by atoms with Crippen LogP contribution in [0, 0.1) is 10.1 Å². The van der Waals surface area contributed by atoms with Gasteiger partial charge < -0.3 is 0 Å². The van der Waals surface area contributed by atoms with Crippen molar-refractivity contribution < 1.29 is 18.1 Å². The Morgan fingerprint density at radius 1 is 1.00 bits per heavy atom. The quantitative estimate of drug-likeness (QED) is 0.366. The summed E-state index contributed by atoms with van der Waals surface area (Å²) in [5, 5.41) is 11.3. The minimum atomic E-state index is -3.83. The van der Waals surface area contributed by atoms with E-state index in [2.05, 4.69) is 0 Å². The maximum atomic E-state index is 12.0. The molecule has 0 aliphatic heterocycles. The highest BCUT2D eigenvalue weighted by atomic mass is 32.2. The third-order valence-electron chi connectivity index (χ3n) is 2.83. The number of hydrogen-bond donors (Lipinski definition) is 0. The lowest BCUT2D eigenvalue weighted by Crippen LogP contribution is -2.00. The minimum Gasteiger partial charge on any atom is -0.289 e. The van der Waals surface area contributed by atoms with E-state index in [4.69, 9.17) is 0 Å². The fourth-order valence-electron chi connectivity index (χ4n) is 1.69. The van der Waals surface area contributed by atoms with Crippen molar-refractivity contribution in [1.29, 1.82) is 0 Å². The van der Waals surface area contributed by atoms with Crippen LogP contribution in [0.2, 0.25) is 0 Å². The maximum Gasteiger partial charge on any atom is 0.269 e. The molecule has 7 heteroatoms. The third kappa shape index (κ3) is 3.64. The predicted molar refractivity (Wildman–Crippen MR) is 80.2 cm³/mol. The van der Waals surface area contributed by atoms with Crippen LogP contribution >= 0.6 is 0 Å². The number of sulfone groups is 1. The van der Waals surface area contributed by atoms with Crippen molar-refractivity contribution in [2.24, 2.45) is 0 Å². The fourth-order valence-corrected chi connectivity index (χ4v) is 2.66. The molecule has 0 atom stereocenters. The Morgan fingerprint density at radius 2 is 1.59 bits per heavy atom. The van der Waals surface area contributed by atoms with E-state index in [0.717, 1.165) is 35.7 Å². The second kappa shape index (κ2) is 6.31. The molecule has 0 N–H and O–H groups in total. The first-order chi connectivity index (χ1) is 10.4. The van der Waals surface area contributed by atoms with E-state index in [1.165, 1.54) is 0 Å². The summed E-state index contributed by atoms with van der Waals surface area (Å²) in [4.78, 5) is 21.6. The molecule has 0 amide bonds. The number of nitro benzene ring substituents is 1.